The van der Waals surface area contributed by atoms with E-state index in [1.165, 1.54) is 14.2 Å². The molecule has 0 saturated carbocycles. The Labute approximate surface area is 123 Å². The maximum absolute atomic E-state index is 11.9. The smallest absolute Gasteiger partial charge is 0.324 e. The van der Waals surface area contributed by atoms with Crippen LogP contribution in [0, 0.1) is 0 Å². The second-order valence-corrected chi connectivity index (χ2v) is 4.67. The summed E-state index contributed by atoms with van der Waals surface area (Å²) < 4.78 is 10.1. The number of methoxy groups -OCH3 is 2. The number of hydrogen-bond donors (Lipinski definition) is 1. The Balaban J connectivity index is 2.23. The molecule has 0 aliphatic carbocycles. The first-order valence-electron chi connectivity index (χ1n) is 6.60. The van der Waals surface area contributed by atoms with E-state index in [4.69, 9.17) is 9.47 Å². The van der Waals surface area contributed by atoms with Crippen LogP contribution in [0.4, 0.5) is 5.95 Å². The van der Waals surface area contributed by atoms with E-state index in [0.717, 1.165) is 6.54 Å². The van der Waals surface area contributed by atoms with Crippen LogP contribution in [0.3, 0.4) is 0 Å². The Morgan fingerprint density at radius 3 is 2.33 bits per heavy atom. The van der Waals surface area contributed by atoms with Gasteiger partial charge in [0.2, 0.25) is 11.9 Å². The molecular formula is C12H20N6O3. The number of nitrogens with one attached hydrogen (secondary N) is 1. The van der Waals surface area contributed by atoms with E-state index in [9.17, 15) is 4.79 Å². The fourth-order valence-electron chi connectivity index (χ4n) is 2.16. The Bertz CT molecular complexity index is 490. The average Bonchev–Trinajstić information content (AvgIpc) is 2.53. The molecule has 1 aromatic heterocycles. The van der Waals surface area contributed by atoms with Crippen molar-refractivity contribution in [2.75, 3.05) is 52.8 Å². The van der Waals surface area contributed by atoms with Gasteiger partial charge >= 0.3 is 12.0 Å². The lowest BCUT2D eigenvalue weighted by Gasteiger charge is -2.38. The molecule has 9 heteroatoms. The number of piperazine rings is 1. The molecule has 1 atom stereocenters. The number of amides is 1. The van der Waals surface area contributed by atoms with Crippen molar-refractivity contribution in [3.63, 3.8) is 0 Å². The maximum Gasteiger partial charge on any atom is 0.324 e. The van der Waals surface area contributed by atoms with Gasteiger partial charge in [-0.25, -0.2) is 0 Å². The monoisotopic (exact) mass is 296 g/mol. The molecule has 0 spiro atoms. The van der Waals surface area contributed by atoms with Gasteiger partial charge in [-0.2, -0.15) is 9.97 Å². The lowest BCUT2D eigenvalue weighted by atomic mass is 10.1. The van der Waals surface area contributed by atoms with E-state index in [0.29, 0.717) is 19.0 Å². The molecule has 1 amide bonds. The fraction of sp³-hybridized carbons (Fsp3) is 0.667. The highest BCUT2D eigenvalue weighted by Gasteiger charge is 2.31. The minimum Gasteiger partial charge on any atom is -0.467 e. The molecule has 116 valence electrons. The van der Waals surface area contributed by atoms with Crippen LogP contribution >= 0.6 is 0 Å². The molecule has 1 aliphatic rings. The van der Waals surface area contributed by atoms with E-state index in [1.54, 1.807) is 7.05 Å². The molecule has 1 N–H and O–H groups in total. The third kappa shape index (κ3) is 3.30. The number of aromatic nitrogens is 3. The zero-order chi connectivity index (χ0) is 15.4. The molecule has 9 nitrogen and oxygen atoms in total. The summed E-state index contributed by atoms with van der Waals surface area (Å²) in [4.78, 5) is 28.3. The molecular weight excluding hydrogens is 276 g/mol. The van der Waals surface area contributed by atoms with Gasteiger partial charge in [0.05, 0.1) is 14.2 Å². The number of ether oxygens (including phenoxy) is 2. The number of carbonyl (C=O) groups is 1. The minimum absolute atomic E-state index is 0.0322. The summed E-state index contributed by atoms with van der Waals surface area (Å²) in [6, 6.07) is 0.122. The summed E-state index contributed by atoms with van der Waals surface area (Å²) in [5, 5.41) is 2.67. The van der Waals surface area contributed by atoms with E-state index < -0.39 is 0 Å². The van der Waals surface area contributed by atoms with Crippen molar-refractivity contribution in [3.8, 4) is 12.0 Å². The first kappa shape index (κ1) is 15.2. The third-order valence-electron chi connectivity index (χ3n) is 3.43. The Hall–Kier alpha value is -2.16. The van der Waals surface area contributed by atoms with Crippen molar-refractivity contribution < 1.29 is 14.3 Å². The SMILES string of the molecule is CNC(=O)C1CN(c2nc(OC)nc(OC)n2)CCN1C. The van der Waals surface area contributed by atoms with Crippen LogP contribution in [0.25, 0.3) is 0 Å². The molecule has 1 aliphatic heterocycles. The van der Waals surface area contributed by atoms with Crippen molar-refractivity contribution in [2.24, 2.45) is 0 Å². The average molecular weight is 296 g/mol. The number of carbonyl (C=O) groups excluding carboxylic acids is 1. The van der Waals surface area contributed by atoms with Crippen LogP contribution < -0.4 is 19.7 Å². The summed E-state index contributed by atoms with van der Waals surface area (Å²) >= 11 is 0. The van der Waals surface area contributed by atoms with Crippen LogP contribution in [0.5, 0.6) is 12.0 Å². The standard InChI is InChI=1S/C12H20N6O3/c1-13-9(19)8-7-18(6-5-17(8)2)10-14-11(20-3)16-12(15-10)21-4/h8H,5-7H2,1-4H3,(H,13,19). The fourth-order valence-corrected chi connectivity index (χ4v) is 2.16. The zero-order valence-corrected chi connectivity index (χ0v) is 12.7. The summed E-state index contributed by atoms with van der Waals surface area (Å²) in [7, 11) is 6.52. The highest BCUT2D eigenvalue weighted by Crippen LogP contribution is 2.19. The lowest BCUT2D eigenvalue weighted by Crippen LogP contribution is -2.57. The molecule has 1 unspecified atom stereocenters. The van der Waals surface area contributed by atoms with Crippen LogP contribution in [-0.4, -0.2) is 79.8 Å². The number of anilines is 1. The molecule has 1 saturated heterocycles. The van der Waals surface area contributed by atoms with E-state index in [-0.39, 0.29) is 24.0 Å². The van der Waals surface area contributed by atoms with Gasteiger partial charge in [0.25, 0.3) is 0 Å². The molecule has 2 rings (SSSR count). The third-order valence-corrected chi connectivity index (χ3v) is 3.43. The Kier molecular flexibility index (Phi) is 4.73. The topological polar surface area (TPSA) is 92.7 Å². The Morgan fingerprint density at radius 2 is 1.81 bits per heavy atom. The first-order valence-corrected chi connectivity index (χ1v) is 6.60. The predicted octanol–water partition coefficient (Wildman–Crippen LogP) is -1.24. The van der Waals surface area contributed by atoms with Gasteiger partial charge in [0.15, 0.2) is 0 Å². The number of rotatable bonds is 4. The molecule has 1 aromatic rings. The molecule has 2 heterocycles. The molecule has 0 radical (unpaired) electrons. The van der Waals surface area contributed by atoms with E-state index >= 15 is 0 Å². The largest absolute Gasteiger partial charge is 0.467 e. The van der Waals surface area contributed by atoms with Crippen LogP contribution in [0.15, 0.2) is 0 Å². The van der Waals surface area contributed by atoms with E-state index in [2.05, 4.69) is 20.3 Å². The maximum atomic E-state index is 11.9. The van der Waals surface area contributed by atoms with Crippen molar-refractivity contribution >= 4 is 11.9 Å². The van der Waals surface area contributed by atoms with Crippen LogP contribution in [0.1, 0.15) is 0 Å². The van der Waals surface area contributed by atoms with Crippen molar-refractivity contribution in [2.45, 2.75) is 6.04 Å². The molecule has 21 heavy (non-hydrogen) atoms. The zero-order valence-electron chi connectivity index (χ0n) is 12.7. The predicted molar refractivity (Wildman–Crippen MR) is 75.6 cm³/mol. The summed E-state index contributed by atoms with van der Waals surface area (Å²) in [6.07, 6.45) is 0. The lowest BCUT2D eigenvalue weighted by molar-refractivity contribution is -0.125. The number of hydrogen-bond acceptors (Lipinski definition) is 8. The molecule has 0 aromatic carbocycles. The number of nitrogens with zero attached hydrogens (tertiary/aromatic N) is 5. The van der Waals surface area contributed by atoms with E-state index in [1.807, 2.05) is 16.8 Å². The second-order valence-electron chi connectivity index (χ2n) is 4.67. The first-order chi connectivity index (χ1) is 10.1. The van der Waals surface area contributed by atoms with Gasteiger partial charge in [-0.15, -0.1) is 4.98 Å². The quantitative estimate of drug-likeness (QED) is 0.737. The van der Waals surface area contributed by atoms with Crippen LogP contribution in [-0.2, 0) is 4.79 Å². The highest BCUT2D eigenvalue weighted by atomic mass is 16.5. The van der Waals surface area contributed by atoms with Gasteiger partial charge in [0, 0.05) is 26.7 Å². The Morgan fingerprint density at radius 1 is 1.19 bits per heavy atom. The minimum atomic E-state index is -0.252. The molecule has 1 fully saturated rings. The van der Waals surface area contributed by atoms with Crippen molar-refractivity contribution in [1.29, 1.82) is 0 Å². The van der Waals surface area contributed by atoms with Gasteiger partial charge in [-0.3, -0.25) is 9.69 Å². The van der Waals surface area contributed by atoms with Gasteiger partial charge < -0.3 is 19.7 Å². The summed E-state index contributed by atoms with van der Waals surface area (Å²) in [5.41, 5.74) is 0. The molecule has 0 bridgehead atoms. The van der Waals surface area contributed by atoms with Gasteiger partial charge in [-0.05, 0) is 7.05 Å². The van der Waals surface area contributed by atoms with Gasteiger partial charge in [0.1, 0.15) is 6.04 Å². The van der Waals surface area contributed by atoms with Crippen molar-refractivity contribution in [3.05, 3.63) is 0 Å². The second kappa shape index (κ2) is 6.53. The normalized spacial score (nSPS) is 19.2. The summed E-state index contributed by atoms with van der Waals surface area (Å²) in [5.74, 6) is 0.413. The number of likely N-dealkylation sites (N-methyl/N-ethyl adjacent to an activating group) is 2. The van der Waals surface area contributed by atoms with Gasteiger partial charge in [-0.1, -0.05) is 0 Å². The highest BCUT2D eigenvalue weighted by molar-refractivity contribution is 5.82. The summed E-state index contributed by atoms with van der Waals surface area (Å²) in [6.45, 7) is 1.93. The van der Waals surface area contributed by atoms with Crippen molar-refractivity contribution in [1.82, 2.24) is 25.2 Å². The van der Waals surface area contributed by atoms with Crippen LogP contribution in [0.2, 0.25) is 0 Å².